The van der Waals surface area contributed by atoms with Crippen LogP contribution in [-0.2, 0) is 16.1 Å². The number of carbonyl (C=O) groups is 2. The molecule has 0 fully saturated rings. The number of carbonyl (C=O) groups excluding carboxylic acids is 1. The van der Waals surface area contributed by atoms with Crippen molar-refractivity contribution in [3.63, 3.8) is 0 Å². The predicted molar refractivity (Wildman–Crippen MR) is 129 cm³/mol. The topological polar surface area (TPSA) is 76.1 Å². The van der Waals surface area contributed by atoms with E-state index in [-0.39, 0.29) is 18.0 Å². The van der Waals surface area contributed by atoms with E-state index in [1.54, 1.807) is 42.5 Å². The molecule has 0 aliphatic heterocycles. The van der Waals surface area contributed by atoms with Crippen molar-refractivity contribution >= 4 is 17.6 Å². The molecular weight excluding hydrogens is 475 g/mol. The zero-order valence-electron chi connectivity index (χ0n) is 19.6. The first-order chi connectivity index (χ1) is 17.2. The number of unbranched alkanes of at least 4 members (excludes halogenated alkanes) is 2. The molecule has 190 valence electrons. The van der Waals surface area contributed by atoms with Gasteiger partial charge in [0.25, 0.3) is 0 Å². The number of benzene rings is 3. The largest absolute Gasteiger partial charge is 0.573 e. The molecule has 6 nitrogen and oxygen atoms in total. The molecule has 0 radical (unpaired) electrons. The summed E-state index contributed by atoms with van der Waals surface area (Å²) in [5.74, 6) is -2.79. The number of aliphatic carboxylic acids is 1. The van der Waals surface area contributed by atoms with E-state index >= 15 is 0 Å². The summed E-state index contributed by atoms with van der Waals surface area (Å²) in [5.41, 5.74) is 2.06. The Balaban J connectivity index is 2.01. The zero-order chi connectivity index (χ0) is 26.1. The van der Waals surface area contributed by atoms with Gasteiger partial charge in [0.2, 0.25) is 0 Å². The van der Waals surface area contributed by atoms with E-state index in [0.29, 0.717) is 29.0 Å². The molecule has 1 N–H and O–H groups in total. The Kier molecular flexibility index (Phi) is 8.94. The van der Waals surface area contributed by atoms with Crippen molar-refractivity contribution in [2.75, 3.05) is 11.5 Å². The standard InChI is InChI=1S/C27H26F3NO5/c1-2-3-7-16-35-24-15-12-21(20-10-13-22(14-11-20)36-27(28,29)30)17-23(24)31(25(32)26(33)34)18-19-8-5-4-6-9-19/h4-6,8-15,17H,2-3,7,16,18H2,1H3,(H,33,34). The van der Waals surface area contributed by atoms with Gasteiger partial charge in [0.1, 0.15) is 11.5 Å². The highest BCUT2D eigenvalue weighted by atomic mass is 19.4. The third-order valence-electron chi connectivity index (χ3n) is 5.29. The van der Waals surface area contributed by atoms with Crippen LogP contribution in [0.5, 0.6) is 11.5 Å². The van der Waals surface area contributed by atoms with Crippen LogP contribution < -0.4 is 14.4 Å². The van der Waals surface area contributed by atoms with Gasteiger partial charge in [0.05, 0.1) is 18.8 Å². The lowest BCUT2D eigenvalue weighted by Gasteiger charge is -2.24. The van der Waals surface area contributed by atoms with Gasteiger partial charge < -0.3 is 14.6 Å². The van der Waals surface area contributed by atoms with Crippen molar-refractivity contribution in [3.8, 4) is 22.6 Å². The van der Waals surface area contributed by atoms with Crippen molar-refractivity contribution < 1.29 is 37.3 Å². The van der Waals surface area contributed by atoms with Crippen molar-refractivity contribution in [2.45, 2.75) is 39.1 Å². The van der Waals surface area contributed by atoms with Gasteiger partial charge in [0.15, 0.2) is 0 Å². The summed E-state index contributed by atoms with van der Waals surface area (Å²) in [6.07, 6.45) is -2.09. The number of ether oxygens (including phenoxy) is 2. The monoisotopic (exact) mass is 501 g/mol. The van der Waals surface area contributed by atoms with Crippen LogP contribution in [0.3, 0.4) is 0 Å². The molecule has 1 amide bonds. The Bertz CT molecular complexity index is 1160. The second-order valence-corrected chi connectivity index (χ2v) is 7.99. The number of nitrogens with zero attached hydrogens (tertiary/aromatic N) is 1. The molecule has 0 aromatic heterocycles. The first-order valence-corrected chi connectivity index (χ1v) is 11.4. The van der Waals surface area contributed by atoms with Crippen LogP contribution in [0.1, 0.15) is 31.7 Å². The number of amides is 1. The number of rotatable bonds is 10. The average Bonchev–Trinajstić information content (AvgIpc) is 2.85. The molecule has 0 aliphatic carbocycles. The molecular formula is C27H26F3NO5. The van der Waals surface area contributed by atoms with Crippen LogP contribution in [0.15, 0.2) is 72.8 Å². The molecule has 0 saturated carbocycles. The number of halogens is 3. The first-order valence-electron chi connectivity index (χ1n) is 11.4. The Hall–Kier alpha value is -4.01. The number of carboxylic acids is 1. The number of hydrogen-bond acceptors (Lipinski definition) is 4. The normalized spacial score (nSPS) is 11.1. The number of carboxylic acid groups (broad SMARTS) is 1. The van der Waals surface area contributed by atoms with Crippen molar-refractivity contribution in [2.24, 2.45) is 0 Å². The van der Waals surface area contributed by atoms with Crippen LogP contribution in [-0.4, -0.2) is 30.0 Å². The van der Waals surface area contributed by atoms with Crippen LogP contribution >= 0.6 is 0 Å². The maximum Gasteiger partial charge on any atom is 0.573 e. The van der Waals surface area contributed by atoms with Gasteiger partial charge in [-0.25, -0.2) is 4.79 Å². The average molecular weight is 502 g/mol. The Morgan fingerprint density at radius 3 is 2.19 bits per heavy atom. The van der Waals surface area contributed by atoms with Gasteiger partial charge in [-0.05, 0) is 47.4 Å². The molecule has 0 unspecified atom stereocenters. The molecule has 3 aromatic rings. The second kappa shape index (κ2) is 12.1. The van der Waals surface area contributed by atoms with Crippen LogP contribution in [0.25, 0.3) is 11.1 Å². The highest BCUT2D eigenvalue weighted by molar-refractivity contribution is 6.37. The van der Waals surface area contributed by atoms with Gasteiger partial charge in [-0.15, -0.1) is 13.2 Å². The summed E-state index contributed by atoms with van der Waals surface area (Å²) in [4.78, 5) is 25.6. The fraction of sp³-hybridized carbons (Fsp3) is 0.259. The van der Waals surface area contributed by atoms with Crippen LogP contribution in [0.2, 0.25) is 0 Å². The van der Waals surface area contributed by atoms with E-state index in [0.717, 1.165) is 24.2 Å². The number of hydrogen-bond donors (Lipinski definition) is 1. The number of anilines is 1. The van der Waals surface area contributed by atoms with Crippen molar-refractivity contribution in [1.29, 1.82) is 0 Å². The summed E-state index contributed by atoms with van der Waals surface area (Å²) in [7, 11) is 0. The second-order valence-electron chi connectivity index (χ2n) is 7.99. The quantitative estimate of drug-likeness (QED) is 0.256. The Labute approximate surface area is 206 Å². The van der Waals surface area contributed by atoms with Gasteiger partial charge in [-0.2, -0.15) is 0 Å². The van der Waals surface area contributed by atoms with E-state index in [2.05, 4.69) is 11.7 Å². The van der Waals surface area contributed by atoms with Crippen molar-refractivity contribution in [1.82, 2.24) is 0 Å². The van der Waals surface area contributed by atoms with E-state index in [1.165, 1.54) is 24.3 Å². The molecule has 36 heavy (non-hydrogen) atoms. The Morgan fingerprint density at radius 1 is 0.917 bits per heavy atom. The molecule has 0 heterocycles. The minimum atomic E-state index is -4.80. The lowest BCUT2D eigenvalue weighted by molar-refractivity contribution is -0.274. The molecule has 3 rings (SSSR count). The predicted octanol–water partition coefficient (Wildman–Crippen LogP) is 6.44. The number of alkyl halides is 3. The maximum atomic E-state index is 12.7. The molecule has 0 spiro atoms. The summed E-state index contributed by atoms with van der Waals surface area (Å²) in [6, 6.07) is 19.1. The molecule has 0 saturated heterocycles. The van der Waals surface area contributed by atoms with E-state index < -0.39 is 18.2 Å². The summed E-state index contributed by atoms with van der Waals surface area (Å²) in [5, 5.41) is 9.50. The van der Waals surface area contributed by atoms with Gasteiger partial charge in [-0.1, -0.05) is 68.3 Å². The third kappa shape index (κ3) is 7.49. The highest BCUT2D eigenvalue weighted by Crippen LogP contribution is 2.36. The van der Waals surface area contributed by atoms with E-state index in [4.69, 9.17) is 4.74 Å². The Morgan fingerprint density at radius 2 is 1.58 bits per heavy atom. The summed E-state index contributed by atoms with van der Waals surface area (Å²) < 4.78 is 47.3. The molecule has 3 aromatic carbocycles. The zero-order valence-corrected chi connectivity index (χ0v) is 19.6. The first kappa shape index (κ1) is 26.6. The molecule has 0 atom stereocenters. The van der Waals surface area contributed by atoms with Crippen molar-refractivity contribution in [3.05, 3.63) is 78.4 Å². The fourth-order valence-corrected chi connectivity index (χ4v) is 3.56. The maximum absolute atomic E-state index is 12.7. The minimum absolute atomic E-state index is 0.0148. The van der Waals surface area contributed by atoms with E-state index in [1.807, 2.05) is 6.07 Å². The lowest BCUT2D eigenvalue weighted by Crippen LogP contribution is -2.36. The molecule has 9 heteroatoms. The summed E-state index contributed by atoms with van der Waals surface area (Å²) in [6.45, 7) is 2.42. The summed E-state index contributed by atoms with van der Waals surface area (Å²) >= 11 is 0. The third-order valence-corrected chi connectivity index (χ3v) is 5.29. The lowest BCUT2D eigenvalue weighted by atomic mass is 10.0. The van der Waals surface area contributed by atoms with Crippen LogP contribution in [0, 0.1) is 0 Å². The smallest absolute Gasteiger partial charge is 0.491 e. The van der Waals surface area contributed by atoms with Crippen LogP contribution in [0.4, 0.5) is 18.9 Å². The molecule has 0 aliphatic rings. The minimum Gasteiger partial charge on any atom is -0.491 e. The SMILES string of the molecule is CCCCCOc1ccc(-c2ccc(OC(F)(F)F)cc2)cc1N(Cc1ccccc1)C(=O)C(=O)O. The fourth-order valence-electron chi connectivity index (χ4n) is 3.56. The van der Waals surface area contributed by atoms with Gasteiger partial charge in [0, 0.05) is 0 Å². The van der Waals surface area contributed by atoms with E-state index in [9.17, 15) is 27.9 Å². The van der Waals surface area contributed by atoms with Gasteiger partial charge >= 0.3 is 18.2 Å². The van der Waals surface area contributed by atoms with Gasteiger partial charge in [-0.3, -0.25) is 9.69 Å². The molecule has 0 bridgehead atoms. The highest BCUT2D eigenvalue weighted by Gasteiger charge is 2.31.